The smallest absolute Gasteiger partial charge is 0.315 e. The summed E-state index contributed by atoms with van der Waals surface area (Å²) in [4.78, 5) is 16.0. The second-order valence-electron chi connectivity index (χ2n) is 6.01. The fourth-order valence-corrected chi connectivity index (χ4v) is 2.97. The van der Waals surface area contributed by atoms with Gasteiger partial charge in [-0.1, -0.05) is 52.3 Å². The number of hydrogen-bond acceptors (Lipinski definition) is 3. The quantitative estimate of drug-likeness (QED) is 0.647. The van der Waals surface area contributed by atoms with Crippen LogP contribution in [-0.4, -0.2) is 20.8 Å². The molecule has 1 atom stereocenters. The monoisotopic (exact) mass is 413 g/mol. The number of aromatic nitrogens is 3. The molecule has 1 aromatic heterocycles. The van der Waals surface area contributed by atoms with Crippen molar-refractivity contribution < 1.29 is 4.79 Å². The van der Waals surface area contributed by atoms with Crippen LogP contribution in [0, 0.1) is 0 Å². The van der Waals surface area contributed by atoms with E-state index < -0.39 is 0 Å². The summed E-state index contributed by atoms with van der Waals surface area (Å²) in [5.41, 5.74) is 3.22. The van der Waals surface area contributed by atoms with E-state index in [1.54, 1.807) is 11.0 Å². The zero-order chi connectivity index (χ0) is 18.4. The number of benzene rings is 2. The van der Waals surface area contributed by atoms with Crippen molar-refractivity contribution >= 4 is 22.0 Å². The average molecular weight is 414 g/mol. The van der Waals surface area contributed by atoms with Crippen molar-refractivity contribution in [2.24, 2.45) is 0 Å². The SMILES string of the molecule is C[C@H](NC(=O)NCc1ccc(Cn2cncn2)cc1)c1cccc(Br)c1. The zero-order valence-electron chi connectivity index (χ0n) is 14.4. The van der Waals surface area contributed by atoms with Gasteiger partial charge in [-0.3, -0.25) is 0 Å². The highest BCUT2D eigenvalue weighted by Crippen LogP contribution is 2.17. The van der Waals surface area contributed by atoms with Crippen LogP contribution in [0.5, 0.6) is 0 Å². The zero-order valence-corrected chi connectivity index (χ0v) is 16.0. The van der Waals surface area contributed by atoms with Crippen LogP contribution in [0.3, 0.4) is 0 Å². The van der Waals surface area contributed by atoms with Crippen LogP contribution in [0.15, 0.2) is 65.7 Å². The van der Waals surface area contributed by atoms with E-state index in [9.17, 15) is 4.79 Å². The van der Waals surface area contributed by atoms with Gasteiger partial charge in [-0.25, -0.2) is 14.5 Å². The molecule has 0 saturated carbocycles. The third-order valence-corrected chi connectivity index (χ3v) is 4.48. The summed E-state index contributed by atoms with van der Waals surface area (Å²) in [6, 6.07) is 15.7. The molecule has 0 radical (unpaired) electrons. The van der Waals surface area contributed by atoms with Gasteiger partial charge in [0.15, 0.2) is 0 Å². The summed E-state index contributed by atoms with van der Waals surface area (Å²) in [7, 11) is 0. The van der Waals surface area contributed by atoms with Crippen molar-refractivity contribution in [2.75, 3.05) is 0 Å². The van der Waals surface area contributed by atoms with Crippen molar-refractivity contribution in [1.29, 1.82) is 0 Å². The van der Waals surface area contributed by atoms with Gasteiger partial charge in [-0.05, 0) is 35.7 Å². The first-order chi connectivity index (χ1) is 12.6. The molecular weight excluding hydrogens is 394 g/mol. The maximum atomic E-state index is 12.1. The summed E-state index contributed by atoms with van der Waals surface area (Å²) in [6.45, 7) is 3.11. The molecule has 26 heavy (non-hydrogen) atoms. The lowest BCUT2D eigenvalue weighted by atomic mass is 10.1. The molecule has 0 aliphatic rings. The molecule has 2 N–H and O–H groups in total. The highest BCUT2D eigenvalue weighted by atomic mass is 79.9. The molecule has 134 valence electrons. The van der Waals surface area contributed by atoms with Gasteiger partial charge < -0.3 is 10.6 Å². The molecule has 6 nitrogen and oxygen atoms in total. The lowest BCUT2D eigenvalue weighted by Gasteiger charge is -2.15. The number of amides is 2. The second-order valence-corrected chi connectivity index (χ2v) is 6.93. The van der Waals surface area contributed by atoms with Crippen LogP contribution in [-0.2, 0) is 13.1 Å². The molecular formula is C19H20BrN5O. The largest absolute Gasteiger partial charge is 0.334 e. The predicted molar refractivity (Wildman–Crippen MR) is 103 cm³/mol. The molecule has 0 aliphatic carbocycles. The van der Waals surface area contributed by atoms with Crippen molar-refractivity contribution in [3.63, 3.8) is 0 Å². The van der Waals surface area contributed by atoms with Crippen LogP contribution in [0.1, 0.15) is 29.7 Å². The van der Waals surface area contributed by atoms with Crippen LogP contribution in [0.2, 0.25) is 0 Å². The summed E-state index contributed by atoms with van der Waals surface area (Å²) in [6.07, 6.45) is 3.21. The van der Waals surface area contributed by atoms with Gasteiger partial charge in [0.2, 0.25) is 0 Å². The molecule has 0 aliphatic heterocycles. The number of carbonyl (C=O) groups excluding carboxylic acids is 1. The lowest BCUT2D eigenvalue weighted by molar-refractivity contribution is 0.237. The van der Waals surface area contributed by atoms with Gasteiger partial charge in [0.25, 0.3) is 0 Å². The Morgan fingerprint density at radius 1 is 1.19 bits per heavy atom. The van der Waals surface area contributed by atoms with Gasteiger partial charge >= 0.3 is 6.03 Å². The minimum atomic E-state index is -0.191. The minimum absolute atomic E-state index is 0.0717. The van der Waals surface area contributed by atoms with Crippen molar-refractivity contribution in [3.8, 4) is 0 Å². The van der Waals surface area contributed by atoms with E-state index in [1.165, 1.54) is 6.33 Å². The molecule has 7 heteroatoms. The first-order valence-corrected chi connectivity index (χ1v) is 9.09. The third kappa shape index (κ3) is 5.16. The second kappa shape index (κ2) is 8.62. The van der Waals surface area contributed by atoms with Crippen LogP contribution >= 0.6 is 15.9 Å². The van der Waals surface area contributed by atoms with E-state index >= 15 is 0 Å². The highest BCUT2D eigenvalue weighted by Gasteiger charge is 2.09. The highest BCUT2D eigenvalue weighted by molar-refractivity contribution is 9.10. The maximum Gasteiger partial charge on any atom is 0.315 e. The molecule has 3 aromatic rings. The number of hydrogen-bond donors (Lipinski definition) is 2. The van der Waals surface area contributed by atoms with Crippen LogP contribution in [0.4, 0.5) is 4.79 Å². The molecule has 0 unspecified atom stereocenters. The van der Waals surface area contributed by atoms with E-state index in [2.05, 4.69) is 36.6 Å². The summed E-state index contributed by atoms with van der Waals surface area (Å²) in [5, 5.41) is 9.92. The van der Waals surface area contributed by atoms with E-state index in [1.807, 2.05) is 55.5 Å². The van der Waals surface area contributed by atoms with Crippen molar-refractivity contribution in [3.05, 3.63) is 82.3 Å². The average Bonchev–Trinajstić information content (AvgIpc) is 3.14. The van der Waals surface area contributed by atoms with Crippen LogP contribution in [0.25, 0.3) is 0 Å². The predicted octanol–water partition coefficient (Wildman–Crippen LogP) is 3.65. The fourth-order valence-electron chi connectivity index (χ4n) is 2.55. The Hall–Kier alpha value is -2.67. The lowest BCUT2D eigenvalue weighted by Crippen LogP contribution is -2.36. The normalized spacial score (nSPS) is 11.8. The standard InChI is InChI=1S/C19H20BrN5O/c1-14(17-3-2-4-18(20)9-17)24-19(26)22-10-15-5-7-16(8-6-15)11-25-13-21-12-23-25/h2-9,12-14H,10-11H2,1H3,(H2,22,24,26)/t14-/m0/s1. The number of carbonyl (C=O) groups is 1. The summed E-state index contributed by atoms with van der Waals surface area (Å²) in [5.74, 6) is 0. The molecule has 2 aromatic carbocycles. The third-order valence-electron chi connectivity index (χ3n) is 3.98. The van der Waals surface area contributed by atoms with E-state index in [0.717, 1.165) is 21.2 Å². The molecule has 2 amide bonds. The number of halogens is 1. The van der Waals surface area contributed by atoms with Crippen molar-refractivity contribution in [1.82, 2.24) is 25.4 Å². The number of rotatable bonds is 6. The van der Waals surface area contributed by atoms with E-state index in [0.29, 0.717) is 13.1 Å². The molecule has 0 bridgehead atoms. The van der Waals surface area contributed by atoms with Crippen molar-refractivity contribution in [2.45, 2.75) is 26.1 Å². The Morgan fingerprint density at radius 3 is 2.65 bits per heavy atom. The maximum absolute atomic E-state index is 12.1. The molecule has 3 rings (SSSR count). The summed E-state index contributed by atoms with van der Waals surface area (Å²) >= 11 is 3.45. The molecule has 0 spiro atoms. The number of nitrogens with zero attached hydrogens (tertiary/aromatic N) is 3. The Labute approximate surface area is 160 Å². The first kappa shape index (κ1) is 18.1. The Bertz CT molecular complexity index is 849. The topological polar surface area (TPSA) is 71.8 Å². The molecule has 0 fully saturated rings. The van der Waals surface area contributed by atoms with E-state index in [-0.39, 0.29) is 12.1 Å². The Morgan fingerprint density at radius 2 is 1.96 bits per heavy atom. The Balaban J connectivity index is 1.48. The minimum Gasteiger partial charge on any atom is -0.334 e. The van der Waals surface area contributed by atoms with Gasteiger partial charge in [-0.2, -0.15) is 5.10 Å². The Kier molecular flexibility index (Phi) is 6.01. The van der Waals surface area contributed by atoms with Gasteiger partial charge in [0.1, 0.15) is 12.7 Å². The number of nitrogens with one attached hydrogen (secondary N) is 2. The number of urea groups is 1. The summed E-state index contributed by atoms with van der Waals surface area (Å²) < 4.78 is 2.76. The first-order valence-electron chi connectivity index (χ1n) is 8.30. The molecule has 0 saturated heterocycles. The van der Waals surface area contributed by atoms with Gasteiger partial charge in [0, 0.05) is 11.0 Å². The van der Waals surface area contributed by atoms with Crippen LogP contribution < -0.4 is 10.6 Å². The molecule has 1 heterocycles. The van der Waals surface area contributed by atoms with Gasteiger partial charge in [0.05, 0.1) is 12.6 Å². The van der Waals surface area contributed by atoms with E-state index in [4.69, 9.17) is 0 Å². The fraction of sp³-hybridized carbons (Fsp3) is 0.211. The van der Waals surface area contributed by atoms with Gasteiger partial charge in [-0.15, -0.1) is 0 Å².